The quantitative estimate of drug-likeness (QED) is 0.0366. The molecule has 2 saturated heterocycles. The lowest BCUT2D eigenvalue weighted by Gasteiger charge is -2.43. The lowest BCUT2D eigenvalue weighted by molar-refractivity contribution is -0.155. The van der Waals surface area contributed by atoms with Crippen molar-refractivity contribution in [3.8, 4) is 11.5 Å². The van der Waals surface area contributed by atoms with Crippen LogP contribution in [0.1, 0.15) is 120 Å². The first-order valence-corrected chi connectivity index (χ1v) is 32.3. The first kappa shape index (κ1) is 69.6. The molecular weight excluding hydrogens is 1150 g/mol. The highest BCUT2D eigenvalue weighted by molar-refractivity contribution is 6.99. The van der Waals surface area contributed by atoms with E-state index in [0.717, 1.165) is 33.0 Å². The van der Waals surface area contributed by atoms with Crippen LogP contribution in [0.2, 0.25) is 5.04 Å². The number of methoxy groups -OCH3 is 2. The number of hydrogen-bond acceptors (Lipinski definition) is 14. The molecule has 89 heavy (non-hydrogen) atoms. The van der Waals surface area contributed by atoms with Crippen LogP contribution < -0.4 is 19.8 Å². The molecule has 6 aromatic rings. The van der Waals surface area contributed by atoms with Gasteiger partial charge in [0, 0.05) is 13.2 Å². The van der Waals surface area contributed by atoms with Gasteiger partial charge in [-0.3, -0.25) is 0 Å². The molecule has 1 N–H and O–H groups in total. The van der Waals surface area contributed by atoms with Crippen molar-refractivity contribution in [1.82, 2.24) is 0 Å². The number of rotatable bonds is 28. The van der Waals surface area contributed by atoms with Crippen LogP contribution >= 0.6 is 0 Å². The normalized spacial score (nSPS) is 19.7. The number of carbonyl (C=O) groups is 2. The van der Waals surface area contributed by atoms with Gasteiger partial charge in [-0.1, -0.05) is 142 Å². The first-order chi connectivity index (χ1) is 42.5. The number of hydrogen-bond donors (Lipinski definition) is 1. The summed E-state index contributed by atoms with van der Waals surface area (Å²) in [5, 5.41) is 11.6. The van der Waals surface area contributed by atoms with E-state index in [1.54, 1.807) is 103 Å². The van der Waals surface area contributed by atoms with Crippen LogP contribution in [0.25, 0.3) is 0 Å². The van der Waals surface area contributed by atoms with Gasteiger partial charge >= 0.3 is 11.9 Å². The number of carbonyl (C=O) groups excluding carboxylic acids is 2. The number of aliphatic hydroxyl groups excluding tert-OH is 1. The summed E-state index contributed by atoms with van der Waals surface area (Å²) in [7, 11) is 0.378. The monoisotopic (exact) mass is 1240 g/mol. The van der Waals surface area contributed by atoms with Crippen LogP contribution in [0.5, 0.6) is 11.5 Å². The van der Waals surface area contributed by atoms with Gasteiger partial charge in [-0.15, -0.1) is 0 Å². The molecule has 478 valence electrons. The van der Waals surface area contributed by atoms with E-state index >= 15 is 8.78 Å². The van der Waals surface area contributed by atoms with E-state index in [1.807, 2.05) is 98.8 Å². The Morgan fingerprint density at radius 2 is 0.910 bits per heavy atom. The Hall–Kier alpha value is -6.90. The first-order valence-electron chi connectivity index (χ1n) is 30.3. The maximum atomic E-state index is 16.5. The second kappa shape index (κ2) is 32.7. The Balaban J connectivity index is 0.000000273. The van der Waals surface area contributed by atoms with E-state index < -0.39 is 80.1 Å². The average Bonchev–Trinajstić information content (AvgIpc) is 1.48. The molecule has 6 aromatic carbocycles. The van der Waals surface area contributed by atoms with Gasteiger partial charge in [-0.05, 0) is 154 Å². The number of esters is 2. The highest BCUT2D eigenvalue weighted by Crippen LogP contribution is 2.40. The van der Waals surface area contributed by atoms with E-state index in [2.05, 4.69) is 45.0 Å². The van der Waals surface area contributed by atoms with E-state index in [9.17, 15) is 14.7 Å². The van der Waals surface area contributed by atoms with E-state index in [4.69, 9.17) is 51.8 Å². The predicted molar refractivity (Wildman–Crippen MR) is 341 cm³/mol. The average molecular weight is 1240 g/mol. The molecule has 6 unspecified atom stereocenters. The standard InChI is InChI=1S/C44H53FO7Si.C28H35FO7/c1-32(48-31-33-24-26-35(47-7)27-25-33)23-28-38(45)40(50-42(46)34-17-11-8-12-18-34)41-39(51-44(5,6)52-41)29-30-49-53(43(2,3)4,36-19-13-9-14-20-36)37-21-15-10-16-22-37;1-19(33-18-20-11-13-22(32-4)14-12-20)10-15-23(29)25(34-27(31)21-8-6-5-7-9-21)26-24(16-17-30)35-28(2,3)36-26/h8-22,24-28,32,39-41H,23,29-31H2,1-7H3;5-9,11-15,19,24-26,30H,10,16-18H2,1-4H3/b38-28+;23-15+/t32-,39?,40?,41?;19-,24?,25?,26?/m11/s1. The van der Waals surface area contributed by atoms with Crippen molar-refractivity contribution in [3.63, 3.8) is 0 Å². The topological polar surface area (TPSA) is 156 Å². The highest BCUT2D eigenvalue weighted by atomic mass is 28.4. The zero-order chi connectivity index (χ0) is 64.2. The molecule has 8 atom stereocenters. The third-order valence-electron chi connectivity index (χ3n) is 15.3. The number of halogens is 2. The lowest BCUT2D eigenvalue weighted by Crippen LogP contribution is -2.66. The van der Waals surface area contributed by atoms with Crippen LogP contribution in [0.3, 0.4) is 0 Å². The largest absolute Gasteiger partial charge is 0.497 e. The molecule has 17 heteroatoms. The smallest absolute Gasteiger partial charge is 0.338 e. The van der Waals surface area contributed by atoms with Crippen LogP contribution in [-0.4, -0.2) is 113 Å². The molecule has 0 aromatic heterocycles. The van der Waals surface area contributed by atoms with Crippen LogP contribution in [0.4, 0.5) is 8.78 Å². The van der Waals surface area contributed by atoms with E-state index in [0.29, 0.717) is 37.4 Å². The van der Waals surface area contributed by atoms with Gasteiger partial charge in [0.1, 0.15) is 35.4 Å². The third kappa shape index (κ3) is 19.8. The molecule has 2 fully saturated rings. The molecule has 0 saturated carbocycles. The van der Waals surface area contributed by atoms with Crippen molar-refractivity contribution in [1.29, 1.82) is 0 Å². The molecular formula is C72H88F2O14Si. The summed E-state index contributed by atoms with van der Waals surface area (Å²) in [4.78, 5) is 26.2. The van der Waals surface area contributed by atoms with Gasteiger partial charge in [-0.25, -0.2) is 18.4 Å². The Morgan fingerprint density at radius 1 is 0.551 bits per heavy atom. The third-order valence-corrected chi connectivity index (χ3v) is 20.3. The fourth-order valence-electron chi connectivity index (χ4n) is 10.8. The Morgan fingerprint density at radius 3 is 1.26 bits per heavy atom. The minimum absolute atomic E-state index is 0.179. The predicted octanol–water partition coefficient (Wildman–Crippen LogP) is 13.5. The fraction of sp³-hybridized carbons (Fsp3) is 0.417. The summed E-state index contributed by atoms with van der Waals surface area (Å²) in [5.74, 6) is -3.17. The summed E-state index contributed by atoms with van der Waals surface area (Å²) < 4.78 is 97.6. The molecule has 8 rings (SSSR count). The van der Waals surface area contributed by atoms with Crippen molar-refractivity contribution in [2.45, 2.75) is 167 Å². The minimum atomic E-state index is -2.85. The van der Waals surface area contributed by atoms with Crippen molar-refractivity contribution >= 4 is 30.6 Å². The number of benzene rings is 6. The Labute approximate surface area is 525 Å². The van der Waals surface area contributed by atoms with Crippen molar-refractivity contribution in [3.05, 3.63) is 216 Å². The molecule has 0 bridgehead atoms. The summed E-state index contributed by atoms with van der Waals surface area (Å²) in [6, 6.07) is 52.8. The Kier molecular flexibility index (Phi) is 25.6. The van der Waals surface area contributed by atoms with E-state index in [-0.39, 0.29) is 43.1 Å². The molecule has 2 aliphatic rings. The molecule has 0 amide bonds. The number of ether oxygens (including phenoxy) is 10. The second-order valence-corrected chi connectivity index (χ2v) is 28.4. The van der Waals surface area contributed by atoms with Crippen molar-refractivity contribution < 1.29 is 75.3 Å². The summed E-state index contributed by atoms with van der Waals surface area (Å²) in [6.07, 6.45) is -2.60. The maximum absolute atomic E-state index is 16.5. The molecule has 0 radical (unpaired) electrons. The van der Waals surface area contributed by atoms with Gasteiger partial charge in [-0.2, -0.15) is 0 Å². The fourth-order valence-corrected chi connectivity index (χ4v) is 15.4. The minimum Gasteiger partial charge on any atom is -0.497 e. The van der Waals surface area contributed by atoms with Crippen LogP contribution in [-0.2, 0) is 55.5 Å². The molecule has 0 aliphatic carbocycles. The Bertz CT molecular complexity index is 3120. The molecule has 2 heterocycles. The molecule has 14 nitrogen and oxygen atoms in total. The SMILES string of the molecule is COc1ccc(CO[C@H](C)C/C=C(/F)C(OC(=O)c2ccccc2)C2OC(C)(C)OC2CCO)cc1.COc1ccc(CO[C@H](C)C/C=C(/F)C(OC(=O)c2ccccc2)C2OC(C)(C)OC2CCO[Si](c2ccccc2)(c2ccccc2)C(C)(C)C)cc1. The molecule has 2 aliphatic heterocycles. The van der Waals surface area contributed by atoms with E-state index in [1.165, 1.54) is 12.2 Å². The summed E-state index contributed by atoms with van der Waals surface area (Å²) in [5.41, 5.74) is 2.54. The lowest BCUT2D eigenvalue weighted by atomic mass is 10.0. The van der Waals surface area contributed by atoms with Crippen molar-refractivity contribution in [2.24, 2.45) is 0 Å². The van der Waals surface area contributed by atoms with Crippen LogP contribution in [0.15, 0.2) is 194 Å². The molecule has 0 spiro atoms. The van der Waals surface area contributed by atoms with Crippen LogP contribution in [0, 0.1) is 0 Å². The van der Waals surface area contributed by atoms with Gasteiger partial charge < -0.3 is 56.9 Å². The summed E-state index contributed by atoms with van der Waals surface area (Å²) >= 11 is 0. The van der Waals surface area contributed by atoms with Crippen molar-refractivity contribution in [2.75, 3.05) is 27.4 Å². The van der Waals surface area contributed by atoms with Gasteiger partial charge in [0.05, 0.1) is 63.0 Å². The van der Waals surface area contributed by atoms with Gasteiger partial charge in [0.2, 0.25) is 0 Å². The second-order valence-electron chi connectivity index (χ2n) is 24.1. The summed E-state index contributed by atoms with van der Waals surface area (Å²) in [6.45, 7) is 18.2. The van der Waals surface area contributed by atoms with Gasteiger partial charge in [0.25, 0.3) is 8.32 Å². The highest BCUT2D eigenvalue weighted by Gasteiger charge is 2.52. The maximum Gasteiger partial charge on any atom is 0.338 e. The zero-order valence-electron chi connectivity index (χ0n) is 53.1. The van der Waals surface area contributed by atoms with Gasteiger partial charge in [0.15, 0.2) is 23.8 Å². The number of aliphatic hydroxyl groups is 1. The zero-order valence-corrected chi connectivity index (χ0v) is 54.1.